The van der Waals surface area contributed by atoms with Crippen LogP contribution in [0.5, 0.6) is 0 Å². The molecule has 0 fully saturated rings. The molecule has 0 nitrogen and oxygen atoms in total. The highest BCUT2D eigenvalue weighted by Gasteiger charge is 2.30. The van der Waals surface area contributed by atoms with Gasteiger partial charge in [0.2, 0.25) is 0 Å². The molecule has 1 unspecified atom stereocenters. The summed E-state index contributed by atoms with van der Waals surface area (Å²) >= 11 is 0. The van der Waals surface area contributed by atoms with E-state index >= 15 is 0 Å². The van der Waals surface area contributed by atoms with E-state index < -0.39 is 46.2 Å². The summed E-state index contributed by atoms with van der Waals surface area (Å²) in [6.07, 6.45) is 1.29. The number of hydrogen-bond donors (Lipinski definition) is 0. The predicted molar refractivity (Wildman–Crippen MR) is 68.3 cm³/mol. The molecule has 0 aliphatic carbocycles. The van der Waals surface area contributed by atoms with Gasteiger partial charge in [0, 0.05) is 11.1 Å². The summed E-state index contributed by atoms with van der Waals surface area (Å²) in [6, 6.07) is 0. The van der Waals surface area contributed by atoms with E-state index in [0.29, 0.717) is 19.3 Å². The first-order chi connectivity index (χ1) is 8.90. The summed E-state index contributed by atoms with van der Waals surface area (Å²) in [5, 5.41) is 0. The zero-order chi connectivity index (χ0) is 14.7. The number of benzene rings is 1. The molecule has 1 atom stereocenters. The lowest BCUT2D eigenvalue weighted by Crippen LogP contribution is -2.13. The van der Waals surface area contributed by atoms with Crippen molar-refractivity contribution in [2.24, 2.45) is 0 Å². The van der Waals surface area contributed by atoms with Gasteiger partial charge in [-0.15, -0.1) is 0 Å². The summed E-state index contributed by atoms with van der Waals surface area (Å²) < 4.78 is 56.1. The standard InChI is InChI=1S/C15H20F4/c1-5-8(4)10-12(16)14(18)11(9(6-2)7-3)15(19)13(10)17/h8-9H,5-7H2,1-4H3. The second-order valence-electron chi connectivity index (χ2n) is 4.91. The minimum absolute atomic E-state index is 0.414. The molecule has 4 heteroatoms. The van der Waals surface area contributed by atoms with Crippen molar-refractivity contribution >= 4 is 0 Å². The molecule has 0 bridgehead atoms. The van der Waals surface area contributed by atoms with Gasteiger partial charge in [-0.25, -0.2) is 17.6 Å². The topological polar surface area (TPSA) is 0 Å². The first kappa shape index (κ1) is 16.0. The molecule has 0 amide bonds. The van der Waals surface area contributed by atoms with Crippen LogP contribution in [-0.2, 0) is 0 Å². The van der Waals surface area contributed by atoms with Crippen molar-refractivity contribution in [1.82, 2.24) is 0 Å². The summed E-state index contributed by atoms with van der Waals surface area (Å²) in [6.45, 7) is 6.75. The molecule has 0 saturated heterocycles. The Balaban J connectivity index is 3.55. The Morgan fingerprint density at radius 3 is 1.37 bits per heavy atom. The highest BCUT2D eigenvalue weighted by molar-refractivity contribution is 5.34. The maximum atomic E-state index is 14.0. The van der Waals surface area contributed by atoms with Gasteiger partial charge in [0.25, 0.3) is 0 Å². The van der Waals surface area contributed by atoms with Crippen LogP contribution in [0.15, 0.2) is 0 Å². The van der Waals surface area contributed by atoms with E-state index in [2.05, 4.69) is 0 Å². The van der Waals surface area contributed by atoms with Crippen LogP contribution in [0.25, 0.3) is 0 Å². The van der Waals surface area contributed by atoms with Gasteiger partial charge >= 0.3 is 0 Å². The molecule has 0 spiro atoms. The average molecular weight is 276 g/mol. The minimum atomic E-state index is -1.24. The van der Waals surface area contributed by atoms with Crippen LogP contribution in [0, 0.1) is 23.3 Å². The second kappa shape index (κ2) is 6.40. The average Bonchev–Trinajstić information content (AvgIpc) is 2.41. The van der Waals surface area contributed by atoms with Crippen LogP contribution >= 0.6 is 0 Å². The fraction of sp³-hybridized carbons (Fsp3) is 0.600. The van der Waals surface area contributed by atoms with Crippen molar-refractivity contribution in [3.8, 4) is 0 Å². The zero-order valence-corrected chi connectivity index (χ0v) is 11.8. The molecule has 1 rings (SSSR count). The number of hydrogen-bond acceptors (Lipinski definition) is 0. The van der Waals surface area contributed by atoms with Gasteiger partial charge in [0.15, 0.2) is 23.3 Å². The quantitative estimate of drug-likeness (QED) is 0.481. The fourth-order valence-corrected chi connectivity index (χ4v) is 2.36. The number of halogens is 4. The Morgan fingerprint density at radius 1 is 0.684 bits per heavy atom. The Labute approximate surface area is 111 Å². The van der Waals surface area contributed by atoms with Crippen LogP contribution in [0.4, 0.5) is 17.6 Å². The largest absolute Gasteiger partial charge is 0.203 e. The molecule has 0 aliphatic rings. The monoisotopic (exact) mass is 276 g/mol. The summed E-state index contributed by atoms with van der Waals surface area (Å²) in [5.74, 6) is -6.01. The third-order valence-corrected chi connectivity index (χ3v) is 3.83. The van der Waals surface area contributed by atoms with Gasteiger partial charge in [0.05, 0.1) is 0 Å². The summed E-state index contributed by atoms with van der Waals surface area (Å²) in [5.41, 5.74) is -0.931. The molecule has 0 aliphatic heterocycles. The SMILES string of the molecule is CCC(C)c1c(F)c(F)c(C(CC)CC)c(F)c1F. The molecule has 0 saturated carbocycles. The fourth-order valence-electron chi connectivity index (χ4n) is 2.36. The molecular formula is C15H20F4. The van der Waals surface area contributed by atoms with Gasteiger partial charge in [-0.1, -0.05) is 27.7 Å². The van der Waals surface area contributed by atoms with Gasteiger partial charge < -0.3 is 0 Å². The lowest BCUT2D eigenvalue weighted by Gasteiger charge is -2.20. The molecule has 0 heterocycles. The van der Waals surface area contributed by atoms with Crippen molar-refractivity contribution < 1.29 is 17.6 Å². The van der Waals surface area contributed by atoms with Crippen molar-refractivity contribution in [2.75, 3.05) is 0 Å². The first-order valence-electron chi connectivity index (χ1n) is 6.76. The van der Waals surface area contributed by atoms with Crippen LogP contribution in [0.3, 0.4) is 0 Å². The van der Waals surface area contributed by atoms with Gasteiger partial charge in [-0.05, 0) is 31.1 Å². The highest BCUT2D eigenvalue weighted by Crippen LogP contribution is 2.36. The summed E-state index contributed by atoms with van der Waals surface area (Å²) in [7, 11) is 0. The minimum Gasteiger partial charge on any atom is -0.203 e. The maximum Gasteiger partial charge on any atom is 0.165 e. The Hall–Kier alpha value is -1.06. The van der Waals surface area contributed by atoms with Crippen LogP contribution in [0.2, 0.25) is 0 Å². The Morgan fingerprint density at radius 2 is 1.05 bits per heavy atom. The van der Waals surface area contributed by atoms with Gasteiger partial charge in [-0.2, -0.15) is 0 Å². The van der Waals surface area contributed by atoms with E-state index in [4.69, 9.17) is 0 Å². The van der Waals surface area contributed by atoms with Crippen molar-refractivity contribution in [1.29, 1.82) is 0 Å². The van der Waals surface area contributed by atoms with Gasteiger partial charge in [-0.3, -0.25) is 0 Å². The first-order valence-corrected chi connectivity index (χ1v) is 6.76. The molecule has 108 valence electrons. The molecule has 19 heavy (non-hydrogen) atoms. The zero-order valence-electron chi connectivity index (χ0n) is 11.8. The molecule has 1 aromatic rings. The van der Waals surface area contributed by atoms with Crippen molar-refractivity contribution in [3.05, 3.63) is 34.4 Å². The molecular weight excluding hydrogens is 256 g/mol. The Kier molecular flexibility index (Phi) is 5.39. The predicted octanol–water partition coefficient (Wildman–Crippen LogP) is 5.66. The van der Waals surface area contributed by atoms with E-state index in [-0.39, 0.29) is 0 Å². The van der Waals surface area contributed by atoms with E-state index in [0.717, 1.165) is 0 Å². The maximum absolute atomic E-state index is 14.0. The van der Waals surface area contributed by atoms with E-state index in [1.165, 1.54) is 0 Å². The molecule has 0 radical (unpaired) electrons. The molecule has 0 aromatic heterocycles. The van der Waals surface area contributed by atoms with Crippen molar-refractivity contribution in [3.63, 3.8) is 0 Å². The molecule has 1 aromatic carbocycles. The van der Waals surface area contributed by atoms with E-state index in [9.17, 15) is 17.6 Å². The third-order valence-electron chi connectivity index (χ3n) is 3.83. The normalized spacial score (nSPS) is 13.1. The van der Waals surface area contributed by atoms with E-state index in [1.54, 1.807) is 27.7 Å². The van der Waals surface area contributed by atoms with Crippen LogP contribution < -0.4 is 0 Å². The van der Waals surface area contributed by atoms with Crippen molar-refractivity contribution in [2.45, 2.75) is 58.8 Å². The van der Waals surface area contributed by atoms with Crippen LogP contribution in [-0.4, -0.2) is 0 Å². The van der Waals surface area contributed by atoms with Gasteiger partial charge in [0.1, 0.15) is 0 Å². The van der Waals surface area contributed by atoms with E-state index in [1.807, 2.05) is 0 Å². The lowest BCUT2D eigenvalue weighted by molar-refractivity contribution is 0.401. The number of rotatable bonds is 5. The second-order valence-corrected chi connectivity index (χ2v) is 4.91. The lowest BCUT2D eigenvalue weighted by atomic mass is 9.88. The smallest absolute Gasteiger partial charge is 0.165 e. The highest BCUT2D eigenvalue weighted by atomic mass is 19.2. The molecule has 0 N–H and O–H groups in total. The Bertz CT molecular complexity index is 421. The summed E-state index contributed by atoms with van der Waals surface area (Å²) in [4.78, 5) is 0. The van der Waals surface area contributed by atoms with Crippen LogP contribution in [0.1, 0.15) is 69.9 Å². The third kappa shape index (κ3) is 2.77.